The number of hydrogen-bond acceptors (Lipinski definition) is 4. The zero-order chi connectivity index (χ0) is 14.9. The summed E-state index contributed by atoms with van der Waals surface area (Å²) in [6.45, 7) is 4.13. The highest BCUT2D eigenvalue weighted by molar-refractivity contribution is 5.94. The molecule has 0 spiro atoms. The Morgan fingerprint density at radius 2 is 1.95 bits per heavy atom. The Morgan fingerprint density at radius 3 is 2.73 bits per heavy atom. The van der Waals surface area contributed by atoms with Crippen molar-refractivity contribution in [2.75, 3.05) is 31.1 Å². The van der Waals surface area contributed by atoms with E-state index < -0.39 is 0 Å². The molecule has 0 aliphatic carbocycles. The van der Waals surface area contributed by atoms with Gasteiger partial charge in [0, 0.05) is 37.9 Å². The molecule has 5 heteroatoms. The van der Waals surface area contributed by atoms with E-state index in [1.54, 1.807) is 6.20 Å². The quantitative estimate of drug-likeness (QED) is 0.902. The molecule has 5 nitrogen and oxygen atoms in total. The SMILES string of the molecule is O=C(c1ccc(N2CCCC2)nc1)N1C2CCNCC1CC2. The van der Waals surface area contributed by atoms with E-state index in [0.29, 0.717) is 12.1 Å². The fourth-order valence-corrected chi connectivity index (χ4v) is 4.11. The molecule has 1 aromatic rings. The van der Waals surface area contributed by atoms with E-state index in [4.69, 9.17) is 0 Å². The Kier molecular flexibility index (Phi) is 3.74. The molecule has 3 fully saturated rings. The molecule has 1 N–H and O–H groups in total. The minimum Gasteiger partial charge on any atom is -0.357 e. The predicted octanol–water partition coefficient (Wildman–Crippen LogP) is 1.65. The van der Waals surface area contributed by atoms with Crippen molar-refractivity contribution in [3.63, 3.8) is 0 Å². The molecule has 3 aliphatic heterocycles. The maximum absolute atomic E-state index is 12.9. The van der Waals surface area contributed by atoms with Gasteiger partial charge in [-0.15, -0.1) is 0 Å². The number of nitrogens with one attached hydrogen (secondary N) is 1. The van der Waals surface area contributed by atoms with Crippen molar-refractivity contribution in [1.29, 1.82) is 0 Å². The largest absolute Gasteiger partial charge is 0.357 e. The first-order valence-corrected chi connectivity index (χ1v) is 8.57. The fraction of sp³-hybridized carbons (Fsp3) is 0.647. The van der Waals surface area contributed by atoms with E-state index in [0.717, 1.165) is 56.8 Å². The Bertz CT molecular complexity index is 524. The van der Waals surface area contributed by atoms with Gasteiger partial charge in [-0.1, -0.05) is 0 Å². The second-order valence-corrected chi connectivity index (χ2v) is 6.69. The van der Waals surface area contributed by atoms with Crippen LogP contribution in [0, 0.1) is 0 Å². The lowest BCUT2D eigenvalue weighted by atomic mass is 10.1. The first-order chi connectivity index (χ1) is 10.8. The third kappa shape index (κ3) is 2.47. The zero-order valence-electron chi connectivity index (χ0n) is 13.0. The molecule has 0 saturated carbocycles. The highest BCUT2D eigenvalue weighted by Crippen LogP contribution is 2.29. The van der Waals surface area contributed by atoms with E-state index in [1.165, 1.54) is 12.8 Å². The van der Waals surface area contributed by atoms with E-state index in [2.05, 4.69) is 20.1 Å². The summed E-state index contributed by atoms with van der Waals surface area (Å²) in [6.07, 6.45) is 7.61. The summed E-state index contributed by atoms with van der Waals surface area (Å²) in [5.74, 6) is 1.17. The molecular weight excluding hydrogens is 276 g/mol. The molecular formula is C17H24N4O. The van der Waals surface area contributed by atoms with Crippen LogP contribution in [-0.4, -0.2) is 54.1 Å². The van der Waals surface area contributed by atoms with Crippen LogP contribution in [0.3, 0.4) is 0 Å². The van der Waals surface area contributed by atoms with Gasteiger partial charge in [0.2, 0.25) is 0 Å². The second-order valence-electron chi connectivity index (χ2n) is 6.69. The minimum atomic E-state index is 0.164. The summed E-state index contributed by atoms with van der Waals surface area (Å²) in [6, 6.07) is 4.74. The van der Waals surface area contributed by atoms with Crippen LogP contribution < -0.4 is 10.2 Å². The second kappa shape index (κ2) is 5.88. The Labute approximate surface area is 131 Å². The molecule has 118 valence electrons. The highest BCUT2D eigenvalue weighted by atomic mass is 16.2. The average molecular weight is 300 g/mol. The smallest absolute Gasteiger partial charge is 0.255 e. The summed E-state index contributed by atoms with van der Waals surface area (Å²) in [7, 11) is 0. The fourth-order valence-electron chi connectivity index (χ4n) is 4.11. The van der Waals surface area contributed by atoms with Crippen molar-refractivity contribution in [1.82, 2.24) is 15.2 Å². The van der Waals surface area contributed by atoms with Crippen LogP contribution in [0.2, 0.25) is 0 Å². The van der Waals surface area contributed by atoms with Crippen molar-refractivity contribution in [3.8, 4) is 0 Å². The molecule has 3 saturated heterocycles. The van der Waals surface area contributed by atoms with E-state index in [-0.39, 0.29) is 5.91 Å². The van der Waals surface area contributed by atoms with Gasteiger partial charge in [-0.05, 0) is 50.8 Å². The van der Waals surface area contributed by atoms with Gasteiger partial charge < -0.3 is 15.1 Å². The van der Waals surface area contributed by atoms with Crippen molar-refractivity contribution < 1.29 is 4.79 Å². The van der Waals surface area contributed by atoms with Gasteiger partial charge in [0.25, 0.3) is 5.91 Å². The van der Waals surface area contributed by atoms with Crippen LogP contribution in [0.1, 0.15) is 42.5 Å². The topological polar surface area (TPSA) is 48.5 Å². The van der Waals surface area contributed by atoms with Gasteiger partial charge in [-0.25, -0.2) is 4.98 Å². The van der Waals surface area contributed by atoms with Gasteiger partial charge in [-0.2, -0.15) is 0 Å². The van der Waals surface area contributed by atoms with Gasteiger partial charge in [0.05, 0.1) is 5.56 Å². The Morgan fingerprint density at radius 1 is 1.14 bits per heavy atom. The lowest BCUT2D eigenvalue weighted by molar-refractivity contribution is 0.0680. The number of carbonyl (C=O) groups excluding carboxylic acids is 1. The van der Waals surface area contributed by atoms with Crippen LogP contribution in [0.5, 0.6) is 0 Å². The molecule has 0 aromatic carbocycles. The van der Waals surface area contributed by atoms with Gasteiger partial charge >= 0.3 is 0 Å². The first kappa shape index (κ1) is 14.0. The van der Waals surface area contributed by atoms with Crippen LogP contribution in [0.25, 0.3) is 0 Å². The lowest BCUT2D eigenvalue weighted by Gasteiger charge is -2.28. The third-order valence-electron chi connectivity index (χ3n) is 5.31. The molecule has 1 aromatic heterocycles. The minimum absolute atomic E-state index is 0.164. The molecule has 3 aliphatic rings. The molecule has 0 radical (unpaired) electrons. The van der Waals surface area contributed by atoms with Crippen LogP contribution in [-0.2, 0) is 0 Å². The Balaban J connectivity index is 1.52. The maximum atomic E-state index is 12.9. The van der Waals surface area contributed by atoms with E-state index >= 15 is 0 Å². The van der Waals surface area contributed by atoms with E-state index in [1.807, 2.05) is 12.1 Å². The van der Waals surface area contributed by atoms with Crippen molar-refractivity contribution in [3.05, 3.63) is 23.9 Å². The van der Waals surface area contributed by atoms with Gasteiger partial charge in [-0.3, -0.25) is 4.79 Å². The van der Waals surface area contributed by atoms with Crippen LogP contribution >= 0.6 is 0 Å². The summed E-state index contributed by atoms with van der Waals surface area (Å²) >= 11 is 0. The number of rotatable bonds is 2. The number of hydrogen-bond donors (Lipinski definition) is 1. The summed E-state index contributed by atoms with van der Waals surface area (Å²) < 4.78 is 0. The lowest BCUT2D eigenvalue weighted by Crippen LogP contribution is -2.42. The molecule has 2 unspecified atom stereocenters. The normalized spacial score (nSPS) is 28.0. The van der Waals surface area contributed by atoms with Crippen molar-refractivity contribution in [2.24, 2.45) is 0 Å². The van der Waals surface area contributed by atoms with Crippen molar-refractivity contribution >= 4 is 11.7 Å². The monoisotopic (exact) mass is 300 g/mol. The number of aromatic nitrogens is 1. The number of nitrogens with zero attached hydrogens (tertiary/aromatic N) is 3. The highest BCUT2D eigenvalue weighted by Gasteiger charge is 2.38. The number of pyridine rings is 1. The van der Waals surface area contributed by atoms with Crippen LogP contribution in [0.15, 0.2) is 18.3 Å². The molecule has 22 heavy (non-hydrogen) atoms. The first-order valence-electron chi connectivity index (χ1n) is 8.57. The molecule has 4 rings (SSSR count). The number of anilines is 1. The summed E-state index contributed by atoms with van der Waals surface area (Å²) in [4.78, 5) is 21.8. The third-order valence-corrected chi connectivity index (χ3v) is 5.31. The predicted molar refractivity (Wildman–Crippen MR) is 86.2 cm³/mol. The zero-order valence-corrected chi connectivity index (χ0v) is 13.0. The number of amides is 1. The van der Waals surface area contributed by atoms with Gasteiger partial charge in [0.1, 0.15) is 5.82 Å². The Hall–Kier alpha value is -1.62. The van der Waals surface area contributed by atoms with Crippen molar-refractivity contribution in [2.45, 2.75) is 44.2 Å². The maximum Gasteiger partial charge on any atom is 0.255 e. The summed E-state index contributed by atoms with van der Waals surface area (Å²) in [5.41, 5.74) is 0.738. The average Bonchev–Trinajstić information content (AvgIpc) is 3.14. The standard InChI is InChI=1S/C17H24N4O/c22-17(21-14-4-5-15(21)12-18-8-7-14)13-3-6-16(19-11-13)20-9-1-2-10-20/h3,6,11,14-15,18H,1-2,4-5,7-10,12H2. The number of fused-ring (bicyclic) bond motifs is 2. The summed E-state index contributed by atoms with van der Waals surface area (Å²) in [5, 5.41) is 3.45. The molecule has 4 heterocycles. The molecule has 2 atom stereocenters. The number of carbonyl (C=O) groups is 1. The van der Waals surface area contributed by atoms with E-state index in [9.17, 15) is 4.79 Å². The van der Waals surface area contributed by atoms with Crippen LogP contribution in [0.4, 0.5) is 5.82 Å². The van der Waals surface area contributed by atoms with Gasteiger partial charge in [0.15, 0.2) is 0 Å². The molecule has 2 bridgehead atoms. The molecule has 1 amide bonds.